The van der Waals surface area contributed by atoms with Crippen LogP contribution in [0, 0.1) is 0 Å². The molecule has 1 amide bonds. The van der Waals surface area contributed by atoms with Gasteiger partial charge >= 0.3 is 5.97 Å². The van der Waals surface area contributed by atoms with Crippen molar-refractivity contribution in [3.63, 3.8) is 0 Å². The van der Waals surface area contributed by atoms with Crippen molar-refractivity contribution in [2.24, 2.45) is 0 Å². The molecule has 3 N–H and O–H groups in total. The largest absolute Gasteiger partial charge is 0.462 e. The van der Waals surface area contributed by atoms with E-state index in [-0.39, 0.29) is 16.5 Å². The monoisotopic (exact) mass is 412 g/mol. The van der Waals surface area contributed by atoms with Crippen LogP contribution in [0.2, 0.25) is 5.15 Å². The van der Waals surface area contributed by atoms with E-state index in [1.165, 1.54) is 18.3 Å². The molecule has 0 unspecified atom stereocenters. The van der Waals surface area contributed by atoms with Gasteiger partial charge in [-0.25, -0.2) is 14.8 Å². The summed E-state index contributed by atoms with van der Waals surface area (Å²) in [4.78, 5) is 31.9. The molecule has 2 heterocycles. The van der Waals surface area contributed by atoms with E-state index in [1.807, 2.05) is 0 Å². The lowest BCUT2D eigenvalue weighted by molar-refractivity contribution is 0.0525. The van der Waals surface area contributed by atoms with Crippen molar-refractivity contribution in [3.8, 4) is 11.6 Å². The molecular formula is C20H17ClN4O4. The van der Waals surface area contributed by atoms with Crippen molar-refractivity contribution in [1.29, 1.82) is 0 Å². The molecule has 0 atom stereocenters. The summed E-state index contributed by atoms with van der Waals surface area (Å²) >= 11 is 5.81. The van der Waals surface area contributed by atoms with Crippen molar-refractivity contribution in [1.82, 2.24) is 9.97 Å². The molecule has 0 saturated carbocycles. The zero-order valence-electron chi connectivity index (χ0n) is 15.4. The molecule has 2 aromatic heterocycles. The topological polar surface area (TPSA) is 116 Å². The molecule has 0 aliphatic heterocycles. The van der Waals surface area contributed by atoms with Gasteiger partial charge in [0, 0.05) is 18.0 Å². The fourth-order valence-electron chi connectivity index (χ4n) is 2.32. The van der Waals surface area contributed by atoms with Gasteiger partial charge in [0.2, 0.25) is 5.88 Å². The van der Waals surface area contributed by atoms with E-state index in [1.54, 1.807) is 43.3 Å². The van der Waals surface area contributed by atoms with E-state index in [9.17, 15) is 9.59 Å². The van der Waals surface area contributed by atoms with E-state index in [2.05, 4.69) is 15.3 Å². The van der Waals surface area contributed by atoms with E-state index in [0.717, 1.165) is 0 Å². The van der Waals surface area contributed by atoms with Gasteiger partial charge in [0.15, 0.2) is 5.69 Å². The molecule has 1 aromatic carbocycles. The lowest BCUT2D eigenvalue weighted by atomic mass is 10.2. The summed E-state index contributed by atoms with van der Waals surface area (Å²) in [5, 5.41) is 2.86. The Kier molecular flexibility index (Phi) is 6.25. The number of nitrogens with zero attached hydrogens (tertiary/aromatic N) is 2. The molecule has 0 saturated heterocycles. The number of carbonyl (C=O) groups is 2. The summed E-state index contributed by atoms with van der Waals surface area (Å²) < 4.78 is 10.5. The highest BCUT2D eigenvalue weighted by Crippen LogP contribution is 2.22. The van der Waals surface area contributed by atoms with Gasteiger partial charge in [0.25, 0.3) is 5.91 Å². The maximum absolute atomic E-state index is 12.3. The molecule has 148 valence electrons. The molecule has 0 fully saturated rings. The van der Waals surface area contributed by atoms with E-state index < -0.39 is 11.9 Å². The first-order chi connectivity index (χ1) is 14.0. The average Bonchev–Trinajstić information content (AvgIpc) is 2.72. The second kappa shape index (κ2) is 9.03. The third-order valence-electron chi connectivity index (χ3n) is 3.69. The summed E-state index contributed by atoms with van der Waals surface area (Å²) in [6, 6.07) is 12.8. The number of nitrogens with two attached hydrogens (primary N) is 1. The number of anilines is 2. The van der Waals surface area contributed by atoms with Gasteiger partial charge in [0.05, 0.1) is 17.9 Å². The molecule has 8 nitrogen and oxygen atoms in total. The molecule has 0 bridgehead atoms. The number of rotatable bonds is 6. The first-order valence-corrected chi connectivity index (χ1v) is 8.98. The molecule has 3 aromatic rings. The minimum atomic E-state index is -0.477. The predicted molar refractivity (Wildman–Crippen MR) is 108 cm³/mol. The Balaban J connectivity index is 1.63. The van der Waals surface area contributed by atoms with Crippen molar-refractivity contribution in [2.75, 3.05) is 17.7 Å². The van der Waals surface area contributed by atoms with Crippen molar-refractivity contribution in [2.45, 2.75) is 6.92 Å². The van der Waals surface area contributed by atoms with Crippen LogP contribution in [-0.2, 0) is 4.74 Å². The summed E-state index contributed by atoms with van der Waals surface area (Å²) in [5.74, 6) is -0.109. The summed E-state index contributed by atoms with van der Waals surface area (Å²) in [7, 11) is 0. The zero-order valence-corrected chi connectivity index (χ0v) is 16.1. The Labute approximate surface area is 171 Å². The first kappa shape index (κ1) is 20.1. The van der Waals surface area contributed by atoms with Gasteiger partial charge in [-0.2, -0.15) is 0 Å². The van der Waals surface area contributed by atoms with Crippen molar-refractivity contribution in [3.05, 3.63) is 71.1 Å². The van der Waals surface area contributed by atoms with Crippen molar-refractivity contribution >= 4 is 34.9 Å². The number of nitrogen functional groups attached to an aromatic ring is 1. The van der Waals surface area contributed by atoms with Gasteiger partial charge in [-0.05, 0) is 49.4 Å². The Bertz CT molecular complexity index is 1020. The Morgan fingerprint density at radius 1 is 1.10 bits per heavy atom. The molecule has 0 radical (unpaired) electrons. The molecule has 0 spiro atoms. The quantitative estimate of drug-likeness (QED) is 0.465. The second-order valence-electron chi connectivity index (χ2n) is 5.76. The molecular weight excluding hydrogens is 396 g/mol. The summed E-state index contributed by atoms with van der Waals surface area (Å²) in [6.07, 6.45) is 1.38. The minimum absolute atomic E-state index is 0.0451. The highest BCUT2D eigenvalue weighted by molar-refractivity contribution is 6.29. The molecule has 9 heteroatoms. The number of nitrogens with one attached hydrogen (secondary N) is 1. The summed E-state index contributed by atoms with van der Waals surface area (Å²) in [5.41, 5.74) is 6.89. The highest BCUT2D eigenvalue weighted by atomic mass is 35.5. The molecule has 3 rings (SSSR count). The number of hydrogen-bond acceptors (Lipinski definition) is 7. The van der Waals surface area contributed by atoms with Crippen LogP contribution in [0.1, 0.15) is 27.8 Å². The van der Waals surface area contributed by atoms with Crippen LogP contribution in [0.5, 0.6) is 11.6 Å². The van der Waals surface area contributed by atoms with Crippen LogP contribution in [0.4, 0.5) is 11.4 Å². The number of hydrogen-bond donors (Lipinski definition) is 2. The average molecular weight is 413 g/mol. The zero-order chi connectivity index (χ0) is 20.8. The van der Waals surface area contributed by atoms with Gasteiger partial charge in [0.1, 0.15) is 10.9 Å². The number of esters is 1. The van der Waals surface area contributed by atoms with Gasteiger partial charge in [-0.1, -0.05) is 11.6 Å². The fourth-order valence-corrected chi connectivity index (χ4v) is 2.47. The number of benzene rings is 1. The second-order valence-corrected chi connectivity index (χ2v) is 6.15. The maximum Gasteiger partial charge on any atom is 0.339 e. The van der Waals surface area contributed by atoms with E-state index in [0.29, 0.717) is 29.5 Å². The summed E-state index contributed by atoms with van der Waals surface area (Å²) in [6.45, 7) is 2.02. The Morgan fingerprint density at radius 2 is 1.86 bits per heavy atom. The Morgan fingerprint density at radius 3 is 2.52 bits per heavy atom. The Hall–Kier alpha value is -3.65. The van der Waals surface area contributed by atoms with Crippen LogP contribution in [0.3, 0.4) is 0 Å². The van der Waals surface area contributed by atoms with Crippen molar-refractivity contribution < 1.29 is 19.1 Å². The minimum Gasteiger partial charge on any atom is -0.462 e. The number of carbonyl (C=O) groups excluding carboxylic acids is 2. The number of pyridine rings is 2. The van der Waals surface area contributed by atoms with E-state index >= 15 is 0 Å². The van der Waals surface area contributed by atoms with Crippen LogP contribution in [0.15, 0.2) is 54.7 Å². The lowest BCUT2D eigenvalue weighted by Crippen LogP contribution is -2.15. The van der Waals surface area contributed by atoms with Crippen LogP contribution < -0.4 is 15.8 Å². The van der Waals surface area contributed by atoms with E-state index in [4.69, 9.17) is 26.8 Å². The maximum atomic E-state index is 12.3. The normalized spacial score (nSPS) is 10.3. The first-order valence-electron chi connectivity index (χ1n) is 8.60. The van der Waals surface area contributed by atoms with Crippen LogP contribution >= 0.6 is 11.6 Å². The van der Waals surface area contributed by atoms with Gasteiger partial charge in [-0.15, -0.1) is 0 Å². The third kappa shape index (κ3) is 5.20. The smallest absolute Gasteiger partial charge is 0.339 e. The van der Waals surface area contributed by atoms with Gasteiger partial charge in [-0.3, -0.25) is 4.79 Å². The highest BCUT2D eigenvalue weighted by Gasteiger charge is 2.13. The van der Waals surface area contributed by atoms with Crippen LogP contribution in [0.25, 0.3) is 0 Å². The molecule has 29 heavy (non-hydrogen) atoms. The number of ether oxygens (including phenoxy) is 2. The third-order valence-corrected chi connectivity index (χ3v) is 3.90. The number of amides is 1. The predicted octanol–water partition coefficient (Wildman–Crippen LogP) is 3.93. The van der Waals surface area contributed by atoms with Gasteiger partial charge < -0.3 is 20.5 Å². The molecule has 0 aliphatic carbocycles. The number of aromatic nitrogens is 2. The molecule has 0 aliphatic rings. The standard InChI is InChI=1S/C20H17ClN4O4/c1-2-28-20(27)12-3-10-17(23-11-12)29-14-6-4-13(5-7-14)24-19(26)18-15(22)8-9-16(21)25-18/h3-11H,2,22H2,1H3,(H,24,26). The number of halogens is 1. The fraction of sp³-hybridized carbons (Fsp3) is 0.100. The lowest BCUT2D eigenvalue weighted by Gasteiger charge is -2.09. The SMILES string of the molecule is CCOC(=O)c1ccc(Oc2ccc(NC(=O)c3nc(Cl)ccc3N)cc2)nc1. The van der Waals surface area contributed by atoms with Crippen LogP contribution in [-0.4, -0.2) is 28.5 Å².